The van der Waals surface area contributed by atoms with Crippen molar-refractivity contribution in [3.05, 3.63) is 59.1 Å². The fourth-order valence-corrected chi connectivity index (χ4v) is 1.67. The third-order valence-corrected chi connectivity index (χ3v) is 2.78. The Labute approximate surface area is 106 Å². The quantitative estimate of drug-likeness (QED) is 0.884. The molecule has 2 rings (SSSR count). The van der Waals surface area contributed by atoms with E-state index in [-0.39, 0.29) is 6.04 Å². The number of ether oxygens (including phenoxy) is 1. The molecular formula is C14H14ClNO. The third kappa shape index (κ3) is 2.99. The van der Waals surface area contributed by atoms with E-state index < -0.39 is 0 Å². The number of rotatable bonds is 3. The Bertz CT molecular complexity index is 494. The minimum absolute atomic E-state index is 0.0318. The fourth-order valence-electron chi connectivity index (χ4n) is 1.49. The molecule has 88 valence electrons. The number of nitrogens with two attached hydrogens (primary N) is 1. The first-order valence-electron chi connectivity index (χ1n) is 5.45. The van der Waals surface area contributed by atoms with Gasteiger partial charge in [-0.05, 0) is 36.8 Å². The SMILES string of the molecule is C[C@@H](N)c1ccc(Oc2ccccc2Cl)cc1. The first-order valence-corrected chi connectivity index (χ1v) is 5.82. The average Bonchev–Trinajstić information content (AvgIpc) is 2.33. The second-order valence-electron chi connectivity index (χ2n) is 3.89. The molecule has 0 aliphatic carbocycles. The highest BCUT2D eigenvalue weighted by molar-refractivity contribution is 6.32. The summed E-state index contributed by atoms with van der Waals surface area (Å²) >= 11 is 6.01. The second-order valence-corrected chi connectivity index (χ2v) is 4.30. The van der Waals surface area contributed by atoms with Gasteiger partial charge in [0.15, 0.2) is 0 Å². The Morgan fingerprint density at radius 3 is 2.29 bits per heavy atom. The van der Waals surface area contributed by atoms with Crippen molar-refractivity contribution in [1.82, 2.24) is 0 Å². The van der Waals surface area contributed by atoms with Crippen LogP contribution in [-0.4, -0.2) is 0 Å². The van der Waals surface area contributed by atoms with Crippen LogP contribution in [-0.2, 0) is 0 Å². The zero-order chi connectivity index (χ0) is 12.3. The molecule has 0 aromatic heterocycles. The van der Waals surface area contributed by atoms with Gasteiger partial charge in [-0.15, -0.1) is 0 Å². The van der Waals surface area contributed by atoms with Gasteiger partial charge < -0.3 is 10.5 Å². The molecule has 0 amide bonds. The maximum atomic E-state index is 6.01. The highest BCUT2D eigenvalue weighted by Gasteiger charge is 2.03. The summed E-state index contributed by atoms with van der Waals surface area (Å²) in [4.78, 5) is 0. The van der Waals surface area contributed by atoms with E-state index in [9.17, 15) is 0 Å². The number of benzene rings is 2. The molecule has 0 bridgehead atoms. The van der Waals surface area contributed by atoms with Gasteiger partial charge in [0.1, 0.15) is 11.5 Å². The molecule has 0 aliphatic rings. The Morgan fingerprint density at radius 2 is 1.71 bits per heavy atom. The summed E-state index contributed by atoms with van der Waals surface area (Å²) in [5, 5.41) is 0.601. The van der Waals surface area contributed by atoms with Crippen LogP contribution in [0.3, 0.4) is 0 Å². The normalized spacial score (nSPS) is 12.2. The van der Waals surface area contributed by atoms with Crippen molar-refractivity contribution in [2.45, 2.75) is 13.0 Å². The Kier molecular flexibility index (Phi) is 3.67. The van der Waals surface area contributed by atoms with E-state index in [0.717, 1.165) is 11.3 Å². The number of hydrogen-bond donors (Lipinski definition) is 1. The fraction of sp³-hybridized carbons (Fsp3) is 0.143. The van der Waals surface area contributed by atoms with Crippen LogP contribution in [0.25, 0.3) is 0 Å². The molecule has 0 unspecified atom stereocenters. The predicted molar refractivity (Wildman–Crippen MR) is 70.6 cm³/mol. The van der Waals surface area contributed by atoms with Crippen LogP contribution in [0.1, 0.15) is 18.5 Å². The van der Waals surface area contributed by atoms with E-state index >= 15 is 0 Å². The molecule has 0 fully saturated rings. The number of halogens is 1. The monoisotopic (exact) mass is 247 g/mol. The largest absolute Gasteiger partial charge is 0.456 e. The van der Waals surface area contributed by atoms with Gasteiger partial charge in [-0.1, -0.05) is 35.9 Å². The van der Waals surface area contributed by atoms with Gasteiger partial charge >= 0.3 is 0 Å². The van der Waals surface area contributed by atoms with E-state index in [2.05, 4.69) is 0 Å². The summed E-state index contributed by atoms with van der Waals surface area (Å²) in [5.74, 6) is 1.41. The minimum atomic E-state index is 0.0318. The van der Waals surface area contributed by atoms with Crippen LogP contribution in [0.2, 0.25) is 5.02 Å². The molecule has 0 heterocycles. The summed E-state index contributed by atoms with van der Waals surface area (Å²) in [6, 6.07) is 15.1. The number of para-hydroxylation sites is 1. The molecule has 2 N–H and O–H groups in total. The van der Waals surface area contributed by atoms with E-state index in [1.54, 1.807) is 6.07 Å². The van der Waals surface area contributed by atoms with Gasteiger partial charge in [0, 0.05) is 6.04 Å². The standard InChI is InChI=1S/C14H14ClNO/c1-10(16)11-6-8-12(9-7-11)17-14-5-3-2-4-13(14)15/h2-10H,16H2,1H3/t10-/m1/s1. The van der Waals surface area contributed by atoms with Crippen LogP contribution in [0, 0.1) is 0 Å². The Hall–Kier alpha value is -1.51. The molecule has 2 aromatic rings. The van der Waals surface area contributed by atoms with Gasteiger partial charge in [0.05, 0.1) is 5.02 Å². The smallest absolute Gasteiger partial charge is 0.146 e. The molecule has 0 radical (unpaired) electrons. The molecule has 17 heavy (non-hydrogen) atoms. The first-order chi connectivity index (χ1) is 8.16. The highest BCUT2D eigenvalue weighted by Crippen LogP contribution is 2.29. The van der Waals surface area contributed by atoms with E-state index in [1.807, 2.05) is 49.4 Å². The lowest BCUT2D eigenvalue weighted by Gasteiger charge is -2.09. The Balaban J connectivity index is 2.17. The molecule has 0 saturated carbocycles. The molecule has 0 spiro atoms. The van der Waals surface area contributed by atoms with E-state index in [0.29, 0.717) is 10.8 Å². The summed E-state index contributed by atoms with van der Waals surface area (Å²) in [6.45, 7) is 1.95. The summed E-state index contributed by atoms with van der Waals surface area (Å²) < 4.78 is 5.67. The molecule has 1 atom stereocenters. The van der Waals surface area contributed by atoms with Gasteiger partial charge in [-0.3, -0.25) is 0 Å². The third-order valence-electron chi connectivity index (χ3n) is 2.47. The van der Waals surface area contributed by atoms with Crippen molar-refractivity contribution in [2.75, 3.05) is 0 Å². The predicted octanol–water partition coefficient (Wildman–Crippen LogP) is 4.15. The van der Waals surface area contributed by atoms with Crippen LogP contribution in [0.4, 0.5) is 0 Å². The molecule has 0 saturated heterocycles. The van der Waals surface area contributed by atoms with Gasteiger partial charge in [-0.2, -0.15) is 0 Å². The maximum absolute atomic E-state index is 6.01. The van der Waals surface area contributed by atoms with Crippen molar-refractivity contribution in [3.63, 3.8) is 0 Å². The van der Waals surface area contributed by atoms with Crippen molar-refractivity contribution >= 4 is 11.6 Å². The summed E-state index contributed by atoms with van der Waals surface area (Å²) in [5.41, 5.74) is 6.86. The van der Waals surface area contributed by atoms with Crippen LogP contribution in [0.5, 0.6) is 11.5 Å². The zero-order valence-electron chi connectivity index (χ0n) is 9.56. The first kappa shape index (κ1) is 12.0. The summed E-state index contributed by atoms with van der Waals surface area (Å²) in [6.07, 6.45) is 0. The minimum Gasteiger partial charge on any atom is -0.456 e. The highest BCUT2D eigenvalue weighted by atomic mass is 35.5. The van der Waals surface area contributed by atoms with Gasteiger partial charge in [0.2, 0.25) is 0 Å². The lowest BCUT2D eigenvalue weighted by Crippen LogP contribution is -2.04. The molecular weight excluding hydrogens is 234 g/mol. The maximum Gasteiger partial charge on any atom is 0.146 e. The van der Waals surface area contributed by atoms with E-state index in [1.165, 1.54) is 0 Å². The topological polar surface area (TPSA) is 35.2 Å². The average molecular weight is 248 g/mol. The van der Waals surface area contributed by atoms with Crippen LogP contribution in [0.15, 0.2) is 48.5 Å². The summed E-state index contributed by atoms with van der Waals surface area (Å²) in [7, 11) is 0. The van der Waals surface area contributed by atoms with Gasteiger partial charge in [-0.25, -0.2) is 0 Å². The molecule has 2 aromatic carbocycles. The lowest BCUT2D eigenvalue weighted by atomic mass is 10.1. The number of hydrogen-bond acceptors (Lipinski definition) is 2. The van der Waals surface area contributed by atoms with Crippen LogP contribution < -0.4 is 10.5 Å². The van der Waals surface area contributed by atoms with E-state index in [4.69, 9.17) is 22.1 Å². The zero-order valence-corrected chi connectivity index (χ0v) is 10.3. The molecule has 0 aliphatic heterocycles. The van der Waals surface area contributed by atoms with Crippen molar-refractivity contribution in [2.24, 2.45) is 5.73 Å². The lowest BCUT2D eigenvalue weighted by molar-refractivity contribution is 0.482. The van der Waals surface area contributed by atoms with Crippen LogP contribution >= 0.6 is 11.6 Å². The van der Waals surface area contributed by atoms with Crippen molar-refractivity contribution in [3.8, 4) is 11.5 Å². The molecule has 3 heteroatoms. The Morgan fingerprint density at radius 1 is 1.06 bits per heavy atom. The van der Waals surface area contributed by atoms with Crippen molar-refractivity contribution in [1.29, 1.82) is 0 Å². The van der Waals surface area contributed by atoms with Crippen molar-refractivity contribution < 1.29 is 4.74 Å². The molecule has 2 nitrogen and oxygen atoms in total. The van der Waals surface area contributed by atoms with Gasteiger partial charge in [0.25, 0.3) is 0 Å². The second kappa shape index (κ2) is 5.21.